The van der Waals surface area contributed by atoms with Crippen molar-refractivity contribution in [3.8, 4) is 5.75 Å². The van der Waals surface area contributed by atoms with Crippen LogP contribution in [0, 0.1) is 5.82 Å². The summed E-state index contributed by atoms with van der Waals surface area (Å²) in [6, 6.07) is 12.2. The van der Waals surface area contributed by atoms with Gasteiger partial charge >= 0.3 is 0 Å². The van der Waals surface area contributed by atoms with Gasteiger partial charge in [-0.1, -0.05) is 6.92 Å². The van der Waals surface area contributed by atoms with Crippen molar-refractivity contribution in [3.63, 3.8) is 0 Å². The minimum Gasteiger partial charge on any atom is -0.494 e. The van der Waals surface area contributed by atoms with E-state index < -0.39 is 11.1 Å². The van der Waals surface area contributed by atoms with Crippen molar-refractivity contribution in [1.82, 2.24) is 0 Å². The van der Waals surface area contributed by atoms with E-state index >= 15 is 0 Å². The maximum Gasteiger partial charge on any atom is 0.247 e. The number of imide groups is 1. The largest absolute Gasteiger partial charge is 0.494 e. The Morgan fingerprint density at radius 2 is 1.86 bits per heavy atom. The van der Waals surface area contributed by atoms with E-state index in [4.69, 9.17) is 4.74 Å². The lowest BCUT2D eigenvalue weighted by atomic mass is 10.3. The molecular formula is C21H21FN2O4S. The molecule has 2 aromatic rings. The number of nitrogens with one attached hydrogen (secondary N) is 1. The smallest absolute Gasteiger partial charge is 0.247 e. The Morgan fingerprint density at radius 1 is 1.17 bits per heavy atom. The summed E-state index contributed by atoms with van der Waals surface area (Å²) >= 11 is 1.12. The predicted octanol–water partition coefficient (Wildman–Crippen LogP) is 3.62. The van der Waals surface area contributed by atoms with E-state index in [1.807, 2.05) is 6.92 Å². The minimum atomic E-state index is -0.613. The summed E-state index contributed by atoms with van der Waals surface area (Å²) in [5.74, 6) is -0.655. The van der Waals surface area contributed by atoms with Crippen molar-refractivity contribution >= 4 is 40.9 Å². The van der Waals surface area contributed by atoms with Crippen molar-refractivity contribution in [2.45, 2.75) is 25.0 Å². The van der Waals surface area contributed by atoms with Crippen molar-refractivity contribution < 1.29 is 23.5 Å². The van der Waals surface area contributed by atoms with E-state index in [-0.39, 0.29) is 29.9 Å². The molecule has 1 fully saturated rings. The summed E-state index contributed by atoms with van der Waals surface area (Å²) in [5, 5.41) is 2.02. The van der Waals surface area contributed by atoms with Gasteiger partial charge in [-0.15, -0.1) is 11.8 Å². The van der Waals surface area contributed by atoms with Gasteiger partial charge in [0.15, 0.2) is 0 Å². The first-order chi connectivity index (χ1) is 14.0. The summed E-state index contributed by atoms with van der Waals surface area (Å²) in [5.41, 5.74) is 0.959. The van der Waals surface area contributed by atoms with Crippen molar-refractivity contribution in [2.24, 2.45) is 0 Å². The summed E-state index contributed by atoms with van der Waals surface area (Å²) in [7, 11) is 0. The van der Waals surface area contributed by atoms with Crippen LogP contribution in [-0.4, -0.2) is 35.3 Å². The molecule has 0 aromatic heterocycles. The first-order valence-corrected chi connectivity index (χ1v) is 10.3. The third kappa shape index (κ3) is 5.35. The number of carbonyl (C=O) groups is 3. The van der Waals surface area contributed by atoms with Crippen LogP contribution < -0.4 is 15.0 Å². The predicted molar refractivity (Wildman–Crippen MR) is 111 cm³/mol. The molecule has 1 heterocycles. The Morgan fingerprint density at radius 3 is 2.52 bits per heavy atom. The van der Waals surface area contributed by atoms with Gasteiger partial charge in [-0.05, 0) is 55.0 Å². The molecule has 6 nitrogen and oxygen atoms in total. The van der Waals surface area contributed by atoms with E-state index in [2.05, 4.69) is 5.32 Å². The van der Waals surface area contributed by atoms with Crippen LogP contribution in [0.3, 0.4) is 0 Å². The lowest BCUT2D eigenvalue weighted by molar-refractivity contribution is -0.121. The summed E-state index contributed by atoms with van der Waals surface area (Å²) in [6.07, 6.45) is 0.930. The molecule has 29 heavy (non-hydrogen) atoms. The number of thioether (sulfide) groups is 1. The van der Waals surface area contributed by atoms with E-state index in [0.717, 1.165) is 23.1 Å². The molecule has 1 N–H and O–H groups in total. The Kier molecular flexibility index (Phi) is 6.87. The molecule has 3 rings (SSSR count). The molecule has 1 aliphatic heterocycles. The molecule has 152 valence electrons. The average molecular weight is 416 g/mol. The first-order valence-electron chi connectivity index (χ1n) is 9.24. The van der Waals surface area contributed by atoms with Crippen LogP contribution >= 0.6 is 11.8 Å². The monoisotopic (exact) mass is 416 g/mol. The van der Waals surface area contributed by atoms with Gasteiger partial charge < -0.3 is 10.1 Å². The Balaban J connectivity index is 1.55. The van der Waals surface area contributed by atoms with Gasteiger partial charge in [0.2, 0.25) is 17.7 Å². The number of amides is 3. The van der Waals surface area contributed by atoms with Gasteiger partial charge in [-0.2, -0.15) is 0 Å². The molecule has 1 atom stereocenters. The SMILES string of the molecule is CCCOc1ccc(N2C(=O)C[C@@H](SCC(=O)Nc3ccc(F)cc3)C2=O)cc1. The van der Waals surface area contributed by atoms with Crippen molar-refractivity contribution in [2.75, 3.05) is 22.6 Å². The van der Waals surface area contributed by atoms with E-state index in [9.17, 15) is 18.8 Å². The fraction of sp³-hybridized carbons (Fsp3) is 0.286. The fourth-order valence-corrected chi connectivity index (χ4v) is 3.76. The van der Waals surface area contributed by atoms with Crippen molar-refractivity contribution in [3.05, 3.63) is 54.3 Å². The number of rotatable bonds is 8. The van der Waals surface area contributed by atoms with E-state index in [1.165, 1.54) is 24.3 Å². The molecule has 0 spiro atoms. The van der Waals surface area contributed by atoms with Crippen LogP contribution in [0.15, 0.2) is 48.5 Å². The second kappa shape index (κ2) is 9.56. The maximum atomic E-state index is 12.9. The van der Waals surface area contributed by atoms with Gasteiger partial charge in [-0.3, -0.25) is 14.4 Å². The van der Waals surface area contributed by atoms with Gasteiger partial charge in [0.1, 0.15) is 11.6 Å². The zero-order valence-electron chi connectivity index (χ0n) is 15.9. The van der Waals surface area contributed by atoms with Crippen molar-refractivity contribution in [1.29, 1.82) is 0 Å². The van der Waals surface area contributed by atoms with Crippen LogP contribution in [0.25, 0.3) is 0 Å². The highest BCUT2D eigenvalue weighted by molar-refractivity contribution is 8.01. The molecule has 0 unspecified atom stereocenters. The number of carbonyl (C=O) groups excluding carboxylic acids is 3. The highest BCUT2D eigenvalue weighted by Gasteiger charge is 2.40. The van der Waals surface area contributed by atoms with Crippen LogP contribution in [0.1, 0.15) is 19.8 Å². The average Bonchev–Trinajstić information content (AvgIpc) is 3.00. The zero-order chi connectivity index (χ0) is 20.8. The van der Waals surface area contributed by atoms with Gasteiger partial charge in [0.05, 0.1) is 23.3 Å². The third-order valence-corrected chi connectivity index (χ3v) is 5.42. The highest BCUT2D eigenvalue weighted by Crippen LogP contribution is 2.30. The molecule has 0 bridgehead atoms. The summed E-state index contributed by atoms with van der Waals surface area (Å²) in [6.45, 7) is 2.60. The highest BCUT2D eigenvalue weighted by atomic mass is 32.2. The topological polar surface area (TPSA) is 75.7 Å². The lowest BCUT2D eigenvalue weighted by Crippen LogP contribution is -2.31. The number of benzene rings is 2. The second-order valence-electron chi connectivity index (χ2n) is 6.47. The van der Waals surface area contributed by atoms with Gasteiger partial charge in [-0.25, -0.2) is 9.29 Å². The molecule has 3 amide bonds. The molecule has 1 aliphatic rings. The summed E-state index contributed by atoms with van der Waals surface area (Å²) < 4.78 is 18.4. The molecule has 2 aromatic carbocycles. The maximum absolute atomic E-state index is 12.9. The third-order valence-electron chi connectivity index (χ3n) is 4.22. The van der Waals surface area contributed by atoms with Crippen LogP contribution in [0.5, 0.6) is 5.75 Å². The number of nitrogens with zero attached hydrogens (tertiary/aromatic N) is 1. The Labute approximate surface area is 172 Å². The Bertz CT molecular complexity index is 887. The number of hydrogen-bond acceptors (Lipinski definition) is 5. The molecular weight excluding hydrogens is 395 g/mol. The molecule has 1 saturated heterocycles. The van der Waals surface area contributed by atoms with Crippen LogP contribution in [0.4, 0.5) is 15.8 Å². The fourth-order valence-electron chi connectivity index (χ4n) is 2.82. The van der Waals surface area contributed by atoms with E-state index in [0.29, 0.717) is 23.7 Å². The number of anilines is 2. The zero-order valence-corrected chi connectivity index (χ0v) is 16.7. The second-order valence-corrected chi connectivity index (χ2v) is 7.66. The van der Waals surface area contributed by atoms with Gasteiger partial charge in [0, 0.05) is 12.1 Å². The van der Waals surface area contributed by atoms with E-state index in [1.54, 1.807) is 24.3 Å². The van der Waals surface area contributed by atoms with Crippen LogP contribution in [0.2, 0.25) is 0 Å². The molecule has 0 radical (unpaired) electrons. The number of hydrogen-bond donors (Lipinski definition) is 1. The number of halogens is 1. The normalized spacial score (nSPS) is 16.2. The minimum absolute atomic E-state index is 0.0126. The lowest BCUT2D eigenvalue weighted by Gasteiger charge is -2.15. The summed E-state index contributed by atoms with van der Waals surface area (Å²) in [4.78, 5) is 38.2. The Hall–Kier alpha value is -2.87. The van der Waals surface area contributed by atoms with Gasteiger partial charge in [0.25, 0.3) is 0 Å². The molecule has 8 heteroatoms. The standard InChI is InChI=1S/C21H21FN2O4S/c1-2-11-28-17-9-7-16(8-10-17)24-20(26)12-18(21(24)27)29-13-19(25)23-15-5-3-14(22)4-6-15/h3-10,18H,2,11-13H2,1H3,(H,23,25)/t18-/m1/s1. The van der Waals surface area contributed by atoms with Crippen LogP contribution in [-0.2, 0) is 14.4 Å². The number of ether oxygens (including phenoxy) is 1. The molecule has 0 saturated carbocycles. The first kappa shape index (κ1) is 20.9. The quantitative estimate of drug-likeness (QED) is 0.666. The molecule has 0 aliphatic carbocycles.